The number of thioether (sulfide) groups is 1. The van der Waals surface area contributed by atoms with E-state index in [-0.39, 0.29) is 11.7 Å². The SMILES string of the molecule is Cc1ccc(-n2c(C)nnc2SCC(=O)NCc2cn3ccccc3n2)cc1. The third-order valence-corrected chi connectivity index (χ3v) is 5.23. The molecule has 142 valence electrons. The molecule has 8 heteroatoms. The van der Waals surface area contributed by atoms with E-state index in [1.165, 1.54) is 17.3 Å². The Hall–Kier alpha value is -3.13. The highest BCUT2D eigenvalue weighted by Crippen LogP contribution is 2.22. The zero-order valence-electron chi connectivity index (χ0n) is 15.7. The van der Waals surface area contributed by atoms with Crippen LogP contribution in [0.4, 0.5) is 0 Å². The Labute approximate surface area is 166 Å². The number of amides is 1. The molecule has 0 aliphatic rings. The molecule has 0 saturated heterocycles. The molecule has 28 heavy (non-hydrogen) atoms. The summed E-state index contributed by atoms with van der Waals surface area (Å²) in [4.78, 5) is 16.8. The fourth-order valence-electron chi connectivity index (χ4n) is 2.87. The van der Waals surface area contributed by atoms with Gasteiger partial charge in [0.05, 0.1) is 18.0 Å². The maximum Gasteiger partial charge on any atom is 0.230 e. The average molecular weight is 392 g/mol. The molecule has 0 spiro atoms. The Kier molecular flexibility index (Phi) is 5.12. The molecule has 1 N–H and O–H groups in total. The number of imidazole rings is 1. The monoisotopic (exact) mass is 392 g/mol. The maximum absolute atomic E-state index is 12.3. The molecule has 4 aromatic rings. The number of nitrogens with one attached hydrogen (secondary N) is 1. The minimum absolute atomic E-state index is 0.0711. The number of carbonyl (C=O) groups excluding carboxylic acids is 1. The van der Waals surface area contributed by atoms with Crippen molar-refractivity contribution < 1.29 is 4.79 Å². The minimum atomic E-state index is -0.0711. The number of fused-ring (bicyclic) bond motifs is 1. The molecule has 1 aromatic carbocycles. The molecule has 0 bridgehead atoms. The van der Waals surface area contributed by atoms with E-state index in [1.807, 2.05) is 77.7 Å². The van der Waals surface area contributed by atoms with Gasteiger partial charge in [0.1, 0.15) is 11.5 Å². The topological polar surface area (TPSA) is 77.1 Å². The van der Waals surface area contributed by atoms with Crippen LogP contribution in [-0.2, 0) is 11.3 Å². The lowest BCUT2D eigenvalue weighted by Crippen LogP contribution is -2.24. The van der Waals surface area contributed by atoms with E-state index < -0.39 is 0 Å². The van der Waals surface area contributed by atoms with Gasteiger partial charge in [-0.15, -0.1) is 10.2 Å². The van der Waals surface area contributed by atoms with Crippen molar-refractivity contribution >= 4 is 23.3 Å². The zero-order valence-corrected chi connectivity index (χ0v) is 16.5. The summed E-state index contributed by atoms with van der Waals surface area (Å²) >= 11 is 1.37. The van der Waals surface area contributed by atoms with Crippen molar-refractivity contribution in [3.05, 3.63) is 71.9 Å². The van der Waals surface area contributed by atoms with Crippen LogP contribution in [-0.4, -0.2) is 35.8 Å². The molecule has 0 unspecified atom stereocenters. The number of rotatable bonds is 6. The van der Waals surface area contributed by atoms with Gasteiger partial charge in [-0.1, -0.05) is 35.5 Å². The normalized spacial score (nSPS) is 11.1. The Balaban J connectivity index is 1.38. The third kappa shape index (κ3) is 3.91. The highest BCUT2D eigenvalue weighted by molar-refractivity contribution is 7.99. The van der Waals surface area contributed by atoms with Gasteiger partial charge in [0, 0.05) is 18.1 Å². The number of hydrogen-bond donors (Lipinski definition) is 1. The smallest absolute Gasteiger partial charge is 0.230 e. The summed E-state index contributed by atoms with van der Waals surface area (Å²) in [6, 6.07) is 14.0. The Morgan fingerprint density at radius 3 is 2.71 bits per heavy atom. The maximum atomic E-state index is 12.3. The largest absolute Gasteiger partial charge is 0.350 e. The van der Waals surface area contributed by atoms with Crippen LogP contribution < -0.4 is 5.32 Å². The predicted octanol–water partition coefficient (Wildman–Crippen LogP) is 2.94. The van der Waals surface area contributed by atoms with Crippen LogP contribution in [0.3, 0.4) is 0 Å². The van der Waals surface area contributed by atoms with Gasteiger partial charge in [0.15, 0.2) is 5.16 Å². The van der Waals surface area contributed by atoms with Crippen molar-refractivity contribution in [1.29, 1.82) is 0 Å². The Morgan fingerprint density at radius 2 is 1.93 bits per heavy atom. The highest BCUT2D eigenvalue weighted by atomic mass is 32.2. The lowest BCUT2D eigenvalue weighted by atomic mass is 10.2. The van der Waals surface area contributed by atoms with Gasteiger partial charge in [0.25, 0.3) is 0 Å². The standard InChI is InChI=1S/C20H20N6OS/c1-14-6-8-17(9-7-14)26-15(2)23-24-20(26)28-13-19(27)21-11-16-12-25-10-4-3-5-18(25)22-16/h3-10,12H,11,13H2,1-2H3,(H,21,27). The molecule has 7 nitrogen and oxygen atoms in total. The van der Waals surface area contributed by atoms with Gasteiger partial charge in [-0.3, -0.25) is 9.36 Å². The van der Waals surface area contributed by atoms with Crippen molar-refractivity contribution in [2.45, 2.75) is 25.5 Å². The average Bonchev–Trinajstić information content (AvgIpc) is 3.28. The molecule has 4 rings (SSSR count). The van der Waals surface area contributed by atoms with E-state index in [4.69, 9.17) is 0 Å². The lowest BCUT2D eigenvalue weighted by molar-refractivity contribution is -0.118. The molecular formula is C20H20N6OS. The lowest BCUT2D eigenvalue weighted by Gasteiger charge is -2.08. The van der Waals surface area contributed by atoms with Crippen molar-refractivity contribution in [2.24, 2.45) is 0 Å². The molecule has 0 saturated carbocycles. The van der Waals surface area contributed by atoms with Gasteiger partial charge in [-0.2, -0.15) is 0 Å². The quantitative estimate of drug-likeness (QED) is 0.511. The number of pyridine rings is 1. The number of carbonyl (C=O) groups is 1. The molecule has 3 aromatic heterocycles. The van der Waals surface area contributed by atoms with E-state index in [1.54, 1.807) is 0 Å². The van der Waals surface area contributed by atoms with Crippen molar-refractivity contribution in [1.82, 2.24) is 29.5 Å². The second kappa shape index (κ2) is 7.85. The first-order valence-corrected chi connectivity index (χ1v) is 9.90. The summed E-state index contributed by atoms with van der Waals surface area (Å²) in [5, 5.41) is 12.0. The Morgan fingerprint density at radius 1 is 1.11 bits per heavy atom. The molecule has 0 atom stereocenters. The van der Waals surface area contributed by atoms with E-state index in [0.29, 0.717) is 11.7 Å². The minimum Gasteiger partial charge on any atom is -0.350 e. The van der Waals surface area contributed by atoms with E-state index in [0.717, 1.165) is 22.9 Å². The first-order valence-electron chi connectivity index (χ1n) is 8.91. The summed E-state index contributed by atoms with van der Waals surface area (Å²) < 4.78 is 3.89. The molecular weight excluding hydrogens is 372 g/mol. The van der Waals surface area contributed by atoms with Gasteiger partial charge >= 0.3 is 0 Å². The highest BCUT2D eigenvalue weighted by Gasteiger charge is 2.13. The van der Waals surface area contributed by atoms with E-state index in [9.17, 15) is 4.79 Å². The Bertz CT molecular complexity index is 1080. The second-order valence-corrected chi connectivity index (χ2v) is 7.41. The molecule has 0 fully saturated rings. The van der Waals surface area contributed by atoms with Gasteiger partial charge < -0.3 is 9.72 Å². The van der Waals surface area contributed by atoms with Crippen LogP contribution in [0.15, 0.2) is 60.0 Å². The van der Waals surface area contributed by atoms with Gasteiger partial charge in [-0.05, 0) is 38.1 Å². The van der Waals surface area contributed by atoms with Crippen LogP contribution in [0, 0.1) is 13.8 Å². The van der Waals surface area contributed by atoms with Crippen LogP contribution in [0.1, 0.15) is 17.1 Å². The van der Waals surface area contributed by atoms with Crippen LogP contribution >= 0.6 is 11.8 Å². The summed E-state index contributed by atoms with van der Waals surface area (Å²) in [7, 11) is 0. The number of aromatic nitrogens is 5. The number of aryl methyl sites for hydroxylation is 2. The number of benzene rings is 1. The summed E-state index contributed by atoms with van der Waals surface area (Å²) in [5.41, 5.74) is 3.86. The van der Waals surface area contributed by atoms with Crippen LogP contribution in [0.5, 0.6) is 0 Å². The van der Waals surface area contributed by atoms with E-state index >= 15 is 0 Å². The zero-order chi connectivity index (χ0) is 19.5. The first-order chi connectivity index (χ1) is 13.6. The molecule has 0 radical (unpaired) electrons. The summed E-state index contributed by atoms with van der Waals surface area (Å²) in [5.74, 6) is 0.979. The molecule has 0 aliphatic heterocycles. The molecule has 3 heterocycles. The van der Waals surface area contributed by atoms with Crippen molar-refractivity contribution in [3.8, 4) is 5.69 Å². The van der Waals surface area contributed by atoms with Crippen LogP contribution in [0.2, 0.25) is 0 Å². The third-order valence-electron chi connectivity index (χ3n) is 4.30. The summed E-state index contributed by atoms with van der Waals surface area (Å²) in [6.45, 7) is 4.34. The number of nitrogens with zero attached hydrogens (tertiary/aromatic N) is 5. The summed E-state index contributed by atoms with van der Waals surface area (Å²) in [6.07, 6.45) is 3.85. The first kappa shape index (κ1) is 18.2. The predicted molar refractivity (Wildman–Crippen MR) is 109 cm³/mol. The number of hydrogen-bond acceptors (Lipinski definition) is 5. The molecule has 1 amide bonds. The fourth-order valence-corrected chi connectivity index (χ4v) is 3.70. The fraction of sp³-hybridized carbons (Fsp3) is 0.200. The van der Waals surface area contributed by atoms with Crippen molar-refractivity contribution in [2.75, 3.05) is 5.75 Å². The van der Waals surface area contributed by atoms with Crippen molar-refractivity contribution in [3.63, 3.8) is 0 Å². The van der Waals surface area contributed by atoms with Crippen LogP contribution in [0.25, 0.3) is 11.3 Å². The van der Waals surface area contributed by atoms with E-state index in [2.05, 4.69) is 20.5 Å². The molecule has 0 aliphatic carbocycles. The van der Waals surface area contributed by atoms with Gasteiger partial charge in [-0.25, -0.2) is 4.98 Å². The van der Waals surface area contributed by atoms with Gasteiger partial charge in [0.2, 0.25) is 5.91 Å². The second-order valence-electron chi connectivity index (χ2n) is 6.46.